The Morgan fingerprint density at radius 1 is 1.00 bits per heavy atom. The molecule has 0 amide bonds. The largest absolute Gasteiger partial charge is 0.508 e. The normalized spacial score (nSPS) is 27.9. The molecule has 1 heterocycles. The van der Waals surface area contributed by atoms with E-state index in [-0.39, 0.29) is 35.8 Å². The lowest BCUT2D eigenvalue weighted by molar-refractivity contribution is -0.00628. The van der Waals surface area contributed by atoms with Gasteiger partial charge in [-0.05, 0) is 6.08 Å². The van der Waals surface area contributed by atoms with E-state index in [1.165, 1.54) is 12.1 Å². The third-order valence-corrected chi connectivity index (χ3v) is 3.96. The third-order valence-electron chi connectivity index (χ3n) is 3.96. The Morgan fingerprint density at radius 3 is 2.41 bits per heavy atom. The van der Waals surface area contributed by atoms with Crippen LogP contribution in [-0.4, -0.2) is 42.8 Å². The molecule has 3 rings (SSSR count). The second-order valence-corrected chi connectivity index (χ2v) is 5.51. The molecule has 1 unspecified atom stereocenters. The zero-order chi connectivity index (χ0) is 16.0. The lowest BCUT2D eigenvalue weighted by Crippen LogP contribution is -2.43. The smallest absolute Gasteiger partial charge is 0.195 e. The molecule has 0 spiro atoms. The number of aliphatic hydroxyl groups is 4. The minimum atomic E-state index is -0.981. The van der Waals surface area contributed by atoms with Gasteiger partial charge in [-0.1, -0.05) is 0 Å². The van der Waals surface area contributed by atoms with Crippen molar-refractivity contribution in [2.45, 2.75) is 25.0 Å². The van der Waals surface area contributed by atoms with E-state index in [0.717, 1.165) is 6.07 Å². The number of hydrogen-bond acceptors (Lipinski definition) is 7. The maximum atomic E-state index is 10.2. The van der Waals surface area contributed by atoms with Gasteiger partial charge in [0.05, 0.1) is 6.10 Å². The van der Waals surface area contributed by atoms with Crippen LogP contribution in [0.1, 0.15) is 12.0 Å². The van der Waals surface area contributed by atoms with Crippen molar-refractivity contribution >= 4 is 0 Å². The number of ether oxygens (including phenoxy) is 1. The summed E-state index contributed by atoms with van der Waals surface area (Å²) in [5.41, 5.74) is 0.383. The van der Waals surface area contributed by atoms with Crippen molar-refractivity contribution in [3.8, 4) is 17.2 Å². The summed E-state index contributed by atoms with van der Waals surface area (Å²) < 4.78 is 5.64. The highest BCUT2D eigenvalue weighted by Gasteiger charge is 2.38. The first-order valence-corrected chi connectivity index (χ1v) is 6.78. The van der Waals surface area contributed by atoms with E-state index in [0.29, 0.717) is 5.56 Å². The summed E-state index contributed by atoms with van der Waals surface area (Å²) in [6.45, 7) is 0. The van der Waals surface area contributed by atoms with Gasteiger partial charge in [0.1, 0.15) is 29.1 Å². The standard InChI is InChI=1S/C15H16O7/c16-7-3-9(17)8-5-12(20)15(22-13(8)4-7)6-1-10(18)14(21)11(19)2-6/h1,3-4,6,12,15-21H,2,5H2/t6?,12-,15-/m1/s1. The van der Waals surface area contributed by atoms with Gasteiger partial charge in [0, 0.05) is 36.5 Å². The van der Waals surface area contributed by atoms with E-state index in [9.17, 15) is 30.6 Å². The van der Waals surface area contributed by atoms with Crippen LogP contribution in [0, 0.1) is 5.92 Å². The SMILES string of the molecule is OC1=CC([C@H]2Oc3cc(O)cc(O)c3C[C@H]2O)CC(O)=C1O. The van der Waals surface area contributed by atoms with Crippen molar-refractivity contribution in [3.63, 3.8) is 0 Å². The number of hydrogen-bond donors (Lipinski definition) is 6. The van der Waals surface area contributed by atoms with Gasteiger partial charge in [0.25, 0.3) is 0 Å². The number of phenols is 2. The average Bonchev–Trinajstić information content (AvgIpc) is 2.44. The number of fused-ring (bicyclic) bond motifs is 1. The van der Waals surface area contributed by atoms with Gasteiger partial charge in [-0.2, -0.15) is 0 Å². The number of phenolic OH excluding ortho intramolecular Hbond substituents is 2. The molecule has 1 aromatic rings. The lowest BCUT2D eigenvalue weighted by atomic mass is 9.85. The van der Waals surface area contributed by atoms with E-state index in [4.69, 9.17) is 4.74 Å². The molecule has 0 saturated carbocycles. The summed E-state index contributed by atoms with van der Waals surface area (Å²) in [7, 11) is 0. The van der Waals surface area contributed by atoms with Crippen LogP contribution in [0.15, 0.2) is 35.5 Å². The molecular weight excluding hydrogens is 292 g/mol. The van der Waals surface area contributed by atoms with Gasteiger partial charge in [-0.25, -0.2) is 0 Å². The fraction of sp³-hybridized carbons (Fsp3) is 0.333. The van der Waals surface area contributed by atoms with Crippen molar-refractivity contribution in [1.29, 1.82) is 0 Å². The second kappa shape index (κ2) is 5.03. The molecule has 1 aliphatic carbocycles. The van der Waals surface area contributed by atoms with Crippen LogP contribution in [0.3, 0.4) is 0 Å². The molecule has 7 heteroatoms. The highest BCUT2D eigenvalue weighted by Crippen LogP contribution is 2.41. The molecular formula is C15H16O7. The second-order valence-electron chi connectivity index (χ2n) is 5.51. The third kappa shape index (κ3) is 2.29. The molecule has 6 N–H and O–H groups in total. The lowest BCUT2D eigenvalue weighted by Gasteiger charge is -2.35. The van der Waals surface area contributed by atoms with Gasteiger partial charge >= 0.3 is 0 Å². The number of rotatable bonds is 1. The fourth-order valence-electron chi connectivity index (χ4n) is 2.87. The number of aromatic hydroxyl groups is 2. The van der Waals surface area contributed by atoms with Crippen LogP contribution < -0.4 is 4.74 Å². The zero-order valence-corrected chi connectivity index (χ0v) is 11.5. The van der Waals surface area contributed by atoms with Gasteiger partial charge < -0.3 is 35.4 Å². The summed E-state index contributed by atoms with van der Waals surface area (Å²) in [6.07, 6.45) is -0.377. The first kappa shape index (κ1) is 14.4. The predicted octanol–water partition coefficient (Wildman–Crippen LogP) is 1.55. The first-order valence-electron chi connectivity index (χ1n) is 6.78. The molecule has 1 aromatic carbocycles. The van der Waals surface area contributed by atoms with E-state index >= 15 is 0 Å². The van der Waals surface area contributed by atoms with E-state index < -0.39 is 29.6 Å². The maximum absolute atomic E-state index is 10.2. The topological polar surface area (TPSA) is 131 Å². The van der Waals surface area contributed by atoms with E-state index in [2.05, 4.69) is 0 Å². The average molecular weight is 308 g/mol. The van der Waals surface area contributed by atoms with Crippen molar-refractivity contribution in [2.75, 3.05) is 0 Å². The van der Waals surface area contributed by atoms with Crippen LogP contribution in [0.25, 0.3) is 0 Å². The van der Waals surface area contributed by atoms with Crippen molar-refractivity contribution in [2.24, 2.45) is 5.92 Å². The Bertz CT molecular complexity index is 677. The van der Waals surface area contributed by atoms with E-state index in [1.807, 2.05) is 0 Å². The fourth-order valence-corrected chi connectivity index (χ4v) is 2.87. The minimum absolute atomic E-state index is 0.00223. The Balaban J connectivity index is 1.91. The van der Waals surface area contributed by atoms with Crippen molar-refractivity contribution in [3.05, 3.63) is 41.0 Å². The highest BCUT2D eigenvalue weighted by atomic mass is 16.5. The number of aliphatic hydroxyl groups excluding tert-OH is 4. The molecule has 22 heavy (non-hydrogen) atoms. The molecule has 0 bridgehead atoms. The van der Waals surface area contributed by atoms with Crippen LogP contribution >= 0.6 is 0 Å². The quantitative estimate of drug-likeness (QED) is 0.464. The Labute approximate surface area is 125 Å². The Morgan fingerprint density at radius 2 is 1.73 bits per heavy atom. The molecule has 0 fully saturated rings. The molecule has 0 saturated heterocycles. The molecule has 1 aliphatic heterocycles. The van der Waals surface area contributed by atoms with Gasteiger partial charge in [0.2, 0.25) is 0 Å². The highest BCUT2D eigenvalue weighted by molar-refractivity contribution is 5.51. The van der Waals surface area contributed by atoms with Crippen LogP contribution in [0.2, 0.25) is 0 Å². The van der Waals surface area contributed by atoms with Gasteiger partial charge in [0.15, 0.2) is 11.5 Å². The first-order chi connectivity index (χ1) is 10.4. The molecule has 3 atom stereocenters. The monoisotopic (exact) mass is 308 g/mol. The zero-order valence-electron chi connectivity index (χ0n) is 11.5. The molecule has 118 valence electrons. The number of benzene rings is 1. The summed E-state index contributed by atoms with van der Waals surface area (Å²) >= 11 is 0. The Kier molecular flexibility index (Phi) is 3.29. The molecule has 0 radical (unpaired) electrons. The van der Waals surface area contributed by atoms with Gasteiger partial charge in [-0.15, -0.1) is 0 Å². The van der Waals surface area contributed by atoms with Crippen LogP contribution in [0.4, 0.5) is 0 Å². The number of allylic oxidation sites excluding steroid dienone is 1. The summed E-state index contributed by atoms with van der Waals surface area (Å²) in [5.74, 6) is -2.12. The summed E-state index contributed by atoms with van der Waals surface area (Å²) in [4.78, 5) is 0. The van der Waals surface area contributed by atoms with Crippen LogP contribution in [0.5, 0.6) is 17.2 Å². The van der Waals surface area contributed by atoms with Crippen LogP contribution in [-0.2, 0) is 6.42 Å². The molecule has 2 aliphatic rings. The molecule has 0 aromatic heterocycles. The summed E-state index contributed by atoms with van der Waals surface area (Å²) in [6, 6.07) is 2.49. The van der Waals surface area contributed by atoms with E-state index in [1.54, 1.807) is 0 Å². The van der Waals surface area contributed by atoms with Crippen molar-refractivity contribution < 1.29 is 35.4 Å². The van der Waals surface area contributed by atoms with Crippen molar-refractivity contribution in [1.82, 2.24) is 0 Å². The maximum Gasteiger partial charge on any atom is 0.195 e. The summed E-state index contributed by atoms with van der Waals surface area (Å²) in [5, 5.41) is 58.2. The van der Waals surface area contributed by atoms with Gasteiger partial charge in [-0.3, -0.25) is 0 Å². The minimum Gasteiger partial charge on any atom is -0.508 e. The predicted molar refractivity (Wildman–Crippen MR) is 75.0 cm³/mol. The molecule has 7 nitrogen and oxygen atoms in total. The Hall–Kier alpha value is -2.54.